The summed E-state index contributed by atoms with van der Waals surface area (Å²) in [6, 6.07) is -0.259. The van der Waals surface area contributed by atoms with Gasteiger partial charge in [0.25, 0.3) is 0 Å². The number of ether oxygens (including phenoxy) is 4. The number of nitrogens with one attached hydrogen (secondary N) is 1. The van der Waals surface area contributed by atoms with Crippen molar-refractivity contribution in [2.75, 3.05) is 72.9 Å². The molecule has 4 atom stereocenters. The van der Waals surface area contributed by atoms with E-state index in [4.69, 9.17) is 18.9 Å². The average Bonchev–Trinajstić information content (AvgIpc) is 3.51. The van der Waals surface area contributed by atoms with Crippen molar-refractivity contribution in [3.8, 4) is 0 Å². The van der Waals surface area contributed by atoms with Gasteiger partial charge in [-0.2, -0.15) is 0 Å². The third-order valence-corrected chi connectivity index (χ3v) is 9.02. The smallest absolute Gasteiger partial charge is 0.407 e. The summed E-state index contributed by atoms with van der Waals surface area (Å²) in [7, 11) is 1.65. The minimum atomic E-state index is -0.513. The van der Waals surface area contributed by atoms with Gasteiger partial charge in [-0.25, -0.2) is 9.48 Å². The highest BCUT2D eigenvalue weighted by molar-refractivity contribution is 5.78. The van der Waals surface area contributed by atoms with Crippen molar-refractivity contribution < 1.29 is 38.1 Å². The second-order valence-corrected chi connectivity index (χ2v) is 12.6. The van der Waals surface area contributed by atoms with Crippen LogP contribution in [0.5, 0.6) is 0 Å². The molecule has 0 radical (unpaired) electrons. The minimum Gasteiger partial charge on any atom is -0.464 e. The molecule has 252 valence electrons. The molecule has 2 amide bonds. The van der Waals surface area contributed by atoms with Crippen LogP contribution in [0.15, 0.2) is 0 Å². The molecular weight excluding hydrogens is 584 g/mol. The van der Waals surface area contributed by atoms with Crippen molar-refractivity contribution in [3.63, 3.8) is 0 Å². The molecule has 14 heteroatoms. The fourth-order valence-electron chi connectivity index (χ4n) is 6.42. The normalized spacial score (nSPS) is 23.0. The van der Waals surface area contributed by atoms with Crippen LogP contribution in [0.1, 0.15) is 51.4 Å². The number of Topliss-reactive ketones (excluding diaryl/α,β-unsaturated/α-hetero) is 1. The van der Waals surface area contributed by atoms with Gasteiger partial charge in [-0.1, -0.05) is 19.1 Å². The predicted octanol–water partition coefficient (Wildman–Crippen LogP) is 1.10. The summed E-state index contributed by atoms with van der Waals surface area (Å²) in [5.74, 6) is 0.723. The molecule has 1 N–H and O–H groups in total. The monoisotopic (exact) mass is 634 g/mol. The number of hydrogen-bond acceptors (Lipinski definition) is 11. The summed E-state index contributed by atoms with van der Waals surface area (Å²) >= 11 is 0. The Bertz CT molecular complexity index is 1160. The predicted molar refractivity (Wildman–Crippen MR) is 162 cm³/mol. The maximum absolute atomic E-state index is 12.9. The molecule has 1 aromatic rings. The standard InChI is InChI=1S/C31H50N6O8/c1-21(2)30(40)44-19-23-18-36(12-11-35(23)17-22(3)38)29(39)9-10-32-31(41)45-20-26-24-5-7-27-28(8-6-25(24)26)37(34-33-27)13-14-43-16-15-42-4/h21,23-26H,5-20H2,1-4H3,(H,32,41)/t23?,24-,25+,26?/m0/s1. The van der Waals surface area contributed by atoms with Crippen molar-refractivity contribution in [2.24, 2.45) is 23.7 Å². The van der Waals surface area contributed by atoms with Gasteiger partial charge in [0.15, 0.2) is 0 Å². The largest absolute Gasteiger partial charge is 0.464 e. The first-order valence-electron chi connectivity index (χ1n) is 16.2. The molecule has 1 saturated carbocycles. The Morgan fingerprint density at radius 1 is 1.00 bits per heavy atom. The van der Waals surface area contributed by atoms with Gasteiger partial charge in [0.05, 0.1) is 62.9 Å². The summed E-state index contributed by atoms with van der Waals surface area (Å²) in [6.45, 7) is 9.64. The molecular formula is C31H50N6O8. The second-order valence-electron chi connectivity index (χ2n) is 12.6. The van der Waals surface area contributed by atoms with Gasteiger partial charge in [-0.05, 0) is 50.4 Å². The van der Waals surface area contributed by atoms with E-state index in [1.54, 1.807) is 25.9 Å². The van der Waals surface area contributed by atoms with Crippen molar-refractivity contribution >= 4 is 23.8 Å². The van der Waals surface area contributed by atoms with Crippen LogP contribution < -0.4 is 5.32 Å². The Balaban J connectivity index is 1.14. The summed E-state index contributed by atoms with van der Waals surface area (Å²) < 4.78 is 23.5. The third kappa shape index (κ3) is 10.2. The molecule has 1 saturated heterocycles. The highest BCUT2D eigenvalue weighted by Crippen LogP contribution is 2.52. The Kier molecular flexibility index (Phi) is 13.1. The summed E-state index contributed by atoms with van der Waals surface area (Å²) in [5, 5.41) is 11.5. The van der Waals surface area contributed by atoms with Crippen LogP contribution in [0.4, 0.5) is 4.79 Å². The van der Waals surface area contributed by atoms with Gasteiger partial charge in [0.1, 0.15) is 12.4 Å². The minimum absolute atomic E-state index is 0.0169. The van der Waals surface area contributed by atoms with Crippen LogP contribution in [0, 0.1) is 23.7 Å². The Labute approximate surface area is 265 Å². The fourth-order valence-corrected chi connectivity index (χ4v) is 6.42. The quantitative estimate of drug-likeness (QED) is 0.205. The van der Waals surface area contributed by atoms with Crippen LogP contribution in [-0.2, 0) is 52.7 Å². The number of rotatable bonds is 16. The van der Waals surface area contributed by atoms with E-state index >= 15 is 0 Å². The van der Waals surface area contributed by atoms with Gasteiger partial charge in [0, 0.05) is 39.7 Å². The van der Waals surface area contributed by atoms with Gasteiger partial charge in [-0.3, -0.25) is 19.3 Å². The first-order valence-corrected chi connectivity index (χ1v) is 16.2. The molecule has 4 rings (SSSR count). The third-order valence-electron chi connectivity index (χ3n) is 9.02. The van der Waals surface area contributed by atoms with Gasteiger partial charge in [-0.15, -0.1) is 5.10 Å². The van der Waals surface area contributed by atoms with Crippen LogP contribution >= 0.6 is 0 Å². The molecule has 2 unspecified atom stereocenters. The van der Waals surface area contributed by atoms with Crippen LogP contribution in [0.3, 0.4) is 0 Å². The molecule has 0 aromatic carbocycles. The lowest BCUT2D eigenvalue weighted by atomic mass is 10.0. The van der Waals surface area contributed by atoms with E-state index in [2.05, 4.69) is 15.6 Å². The number of methoxy groups -OCH3 is 1. The molecule has 1 aliphatic heterocycles. The molecule has 0 spiro atoms. The Morgan fingerprint density at radius 3 is 2.51 bits per heavy atom. The first-order chi connectivity index (χ1) is 21.7. The average molecular weight is 635 g/mol. The number of piperazine rings is 1. The van der Waals surface area contributed by atoms with E-state index < -0.39 is 6.09 Å². The van der Waals surface area contributed by atoms with E-state index in [1.165, 1.54) is 12.6 Å². The van der Waals surface area contributed by atoms with Gasteiger partial charge >= 0.3 is 12.1 Å². The topological polar surface area (TPSA) is 154 Å². The number of aryl methyl sites for hydroxylation is 1. The van der Waals surface area contributed by atoms with Crippen molar-refractivity contribution in [2.45, 2.75) is 65.5 Å². The Hall–Kier alpha value is -3.10. The molecule has 2 heterocycles. The highest BCUT2D eigenvalue weighted by Gasteiger charge is 2.50. The molecule has 3 aliphatic rings. The van der Waals surface area contributed by atoms with E-state index in [1.807, 2.05) is 9.58 Å². The Morgan fingerprint density at radius 2 is 1.78 bits per heavy atom. The lowest BCUT2D eigenvalue weighted by molar-refractivity contribution is -0.150. The zero-order valence-electron chi connectivity index (χ0n) is 27.2. The lowest BCUT2D eigenvalue weighted by Gasteiger charge is -2.40. The number of amides is 2. The molecule has 1 aromatic heterocycles. The van der Waals surface area contributed by atoms with Crippen LogP contribution in [0.2, 0.25) is 0 Å². The van der Waals surface area contributed by atoms with E-state index in [0.717, 1.165) is 31.4 Å². The number of alkyl carbamates (subject to hydrolysis) is 1. The lowest BCUT2D eigenvalue weighted by Crippen LogP contribution is -2.57. The second kappa shape index (κ2) is 17.0. The number of ketones is 1. The maximum Gasteiger partial charge on any atom is 0.407 e. The first kappa shape index (κ1) is 34.8. The number of fused-ring (bicyclic) bond motifs is 2. The summed E-state index contributed by atoms with van der Waals surface area (Å²) in [6.07, 6.45) is 3.40. The van der Waals surface area contributed by atoms with E-state index in [-0.39, 0.29) is 55.7 Å². The number of carbonyl (C=O) groups is 4. The molecule has 14 nitrogen and oxygen atoms in total. The summed E-state index contributed by atoms with van der Waals surface area (Å²) in [4.78, 5) is 52.8. The molecule has 0 bridgehead atoms. The number of carbonyl (C=O) groups excluding carboxylic acids is 4. The van der Waals surface area contributed by atoms with E-state index in [9.17, 15) is 19.2 Å². The summed E-state index contributed by atoms with van der Waals surface area (Å²) in [5.41, 5.74) is 2.24. The molecule has 2 aliphatic carbocycles. The zero-order chi connectivity index (χ0) is 32.3. The van der Waals surface area contributed by atoms with Crippen molar-refractivity contribution in [1.29, 1.82) is 0 Å². The SMILES string of the molecule is COCCOCCn1nnc2c1CC[C@H]1C(COC(=O)NCCC(=O)N3CCN(CC(C)=O)C(COC(=O)C(C)C)C3)[C@H]1CC2. The highest BCUT2D eigenvalue weighted by atomic mass is 16.5. The van der Waals surface area contributed by atoms with Gasteiger partial charge in [0.2, 0.25) is 5.91 Å². The molecule has 2 fully saturated rings. The van der Waals surface area contributed by atoms with Crippen molar-refractivity contribution in [1.82, 2.24) is 30.1 Å². The number of aromatic nitrogens is 3. The van der Waals surface area contributed by atoms with Crippen LogP contribution in [-0.4, -0.2) is 127 Å². The maximum atomic E-state index is 12.9. The van der Waals surface area contributed by atoms with E-state index in [0.29, 0.717) is 70.4 Å². The molecule has 45 heavy (non-hydrogen) atoms. The van der Waals surface area contributed by atoms with Crippen molar-refractivity contribution in [3.05, 3.63) is 11.4 Å². The zero-order valence-corrected chi connectivity index (χ0v) is 27.2. The fraction of sp³-hybridized carbons (Fsp3) is 0.806. The number of esters is 1. The van der Waals surface area contributed by atoms with Crippen LogP contribution in [0.25, 0.3) is 0 Å². The number of nitrogens with zero attached hydrogens (tertiary/aromatic N) is 5. The van der Waals surface area contributed by atoms with Gasteiger partial charge < -0.3 is 29.2 Å². The number of hydrogen-bond donors (Lipinski definition) is 1.